The third-order valence-electron chi connectivity index (χ3n) is 3.22. The van der Waals surface area contributed by atoms with Gasteiger partial charge in [-0.05, 0) is 48.9 Å². The molecule has 8 heteroatoms. The van der Waals surface area contributed by atoms with Crippen molar-refractivity contribution < 1.29 is 27.5 Å². The number of amides is 1. The zero-order chi connectivity index (χ0) is 18.6. The highest BCUT2D eigenvalue weighted by Gasteiger charge is 2.31. The summed E-state index contributed by atoms with van der Waals surface area (Å²) in [6.45, 7) is 1.10. The Morgan fingerprint density at radius 3 is 2.52 bits per heavy atom. The molecule has 0 fully saturated rings. The Bertz CT molecular complexity index is 806. The first-order valence-corrected chi connectivity index (χ1v) is 7.45. The number of aryl methyl sites for hydroxylation is 1. The molecule has 0 saturated heterocycles. The highest BCUT2D eigenvalue weighted by Crippen LogP contribution is 2.29. The number of nitrogens with one attached hydrogen (secondary N) is 1. The van der Waals surface area contributed by atoms with Crippen LogP contribution in [0.4, 0.5) is 18.9 Å². The van der Waals surface area contributed by atoms with Crippen molar-refractivity contribution >= 4 is 29.2 Å². The summed E-state index contributed by atoms with van der Waals surface area (Å²) in [6, 6.07) is 8.60. The fraction of sp³-hybridized carbons (Fsp3) is 0.176. The van der Waals surface area contributed by atoms with Gasteiger partial charge in [0.1, 0.15) is 0 Å². The molecule has 0 bridgehead atoms. The van der Waals surface area contributed by atoms with E-state index in [0.717, 1.165) is 12.1 Å². The number of alkyl halides is 3. The van der Waals surface area contributed by atoms with Crippen LogP contribution < -0.4 is 5.32 Å². The summed E-state index contributed by atoms with van der Waals surface area (Å²) >= 11 is 5.81. The van der Waals surface area contributed by atoms with Crippen molar-refractivity contribution in [2.45, 2.75) is 13.1 Å². The zero-order valence-electron chi connectivity index (χ0n) is 13.0. The van der Waals surface area contributed by atoms with E-state index in [-0.39, 0.29) is 5.56 Å². The molecule has 2 rings (SSSR count). The molecule has 0 aliphatic rings. The van der Waals surface area contributed by atoms with Gasteiger partial charge in [-0.1, -0.05) is 17.7 Å². The number of halogens is 4. The van der Waals surface area contributed by atoms with Crippen molar-refractivity contribution in [2.24, 2.45) is 0 Å². The van der Waals surface area contributed by atoms with E-state index in [1.54, 1.807) is 25.1 Å². The van der Waals surface area contributed by atoms with Crippen LogP contribution in [0.3, 0.4) is 0 Å². The van der Waals surface area contributed by atoms with Crippen LogP contribution in [0.1, 0.15) is 21.5 Å². The maximum atomic E-state index is 12.6. The number of esters is 1. The van der Waals surface area contributed by atoms with E-state index in [9.17, 15) is 22.8 Å². The topological polar surface area (TPSA) is 55.4 Å². The molecule has 0 heterocycles. The molecule has 1 amide bonds. The molecule has 0 atom stereocenters. The Labute approximate surface area is 146 Å². The van der Waals surface area contributed by atoms with Gasteiger partial charge in [0.25, 0.3) is 5.91 Å². The highest BCUT2D eigenvalue weighted by atomic mass is 35.5. The van der Waals surface area contributed by atoms with Gasteiger partial charge in [-0.3, -0.25) is 4.79 Å². The Kier molecular flexibility index (Phi) is 5.69. The first kappa shape index (κ1) is 18.8. The lowest BCUT2D eigenvalue weighted by molar-refractivity contribution is -0.137. The second kappa shape index (κ2) is 7.57. The van der Waals surface area contributed by atoms with Gasteiger partial charge in [0.15, 0.2) is 6.61 Å². The number of rotatable bonds is 4. The van der Waals surface area contributed by atoms with Crippen LogP contribution in [-0.4, -0.2) is 18.5 Å². The van der Waals surface area contributed by atoms with Gasteiger partial charge in [0, 0.05) is 10.7 Å². The number of carbonyl (C=O) groups excluding carboxylic acids is 2. The van der Waals surface area contributed by atoms with Crippen LogP contribution in [-0.2, 0) is 15.7 Å². The molecule has 0 aromatic heterocycles. The monoisotopic (exact) mass is 371 g/mol. The fourth-order valence-electron chi connectivity index (χ4n) is 1.99. The Hall–Kier alpha value is -2.54. The molecule has 0 aliphatic carbocycles. The SMILES string of the molecule is Cc1cc(Cl)ccc1NC(=O)COC(=O)c1cccc(C(F)(F)F)c1. The molecule has 0 spiro atoms. The van der Waals surface area contributed by atoms with Gasteiger partial charge >= 0.3 is 12.1 Å². The second-order valence-corrected chi connectivity index (χ2v) is 5.60. The summed E-state index contributed by atoms with van der Waals surface area (Å²) < 4.78 is 42.6. The molecule has 0 unspecified atom stereocenters. The summed E-state index contributed by atoms with van der Waals surface area (Å²) in [7, 11) is 0. The zero-order valence-corrected chi connectivity index (χ0v) is 13.7. The quantitative estimate of drug-likeness (QED) is 0.807. The van der Waals surface area contributed by atoms with E-state index in [1.807, 2.05) is 0 Å². The minimum absolute atomic E-state index is 0.287. The van der Waals surface area contributed by atoms with E-state index in [1.165, 1.54) is 6.07 Å². The number of hydrogen-bond donors (Lipinski definition) is 1. The van der Waals surface area contributed by atoms with Gasteiger partial charge < -0.3 is 10.1 Å². The summed E-state index contributed by atoms with van der Waals surface area (Å²) in [4.78, 5) is 23.6. The Balaban J connectivity index is 1.96. The van der Waals surface area contributed by atoms with E-state index < -0.39 is 30.2 Å². The first-order chi connectivity index (χ1) is 11.7. The van der Waals surface area contributed by atoms with Gasteiger partial charge in [-0.15, -0.1) is 0 Å². The maximum Gasteiger partial charge on any atom is 0.416 e. The maximum absolute atomic E-state index is 12.6. The van der Waals surface area contributed by atoms with Gasteiger partial charge in [0.05, 0.1) is 11.1 Å². The summed E-state index contributed by atoms with van der Waals surface area (Å²) in [5, 5.41) is 3.03. The van der Waals surface area contributed by atoms with E-state index >= 15 is 0 Å². The lowest BCUT2D eigenvalue weighted by Crippen LogP contribution is -2.21. The minimum Gasteiger partial charge on any atom is -0.452 e. The number of anilines is 1. The van der Waals surface area contributed by atoms with Crippen LogP contribution in [0.5, 0.6) is 0 Å². The Morgan fingerprint density at radius 1 is 1.16 bits per heavy atom. The second-order valence-electron chi connectivity index (χ2n) is 5.16. The Morgan fingerprint density at radius 2 is 1.88 bits per heavy atom. The fourth-order valence-corrected chi connectivity index (χ4v) is 2.22. The minimum atomic E-state index is -4.57. The highest BCUT2D eigenvalue weighted by molar-refractivity contribution is 6.30. The predicted molar refractivity (Wildman–Crippen MR) is 86.5 cm³/mol. The van der Waals surface area contributed by atoms with E-state index in [0.29, 0.717) is 22.3 Å². The first-order valence-electron chi connectivity index (χ1n) is 7.07. The van der Waals surface area contributed by atoms with Crippen molar-refractivity contribution in [1.29, 1.82) is 0 Å². The van der Waals surface area contributed by atoms with Crippen molar-refractivity contribution in [3.63, 3.8) is 0 Å². The third kappa shape index (κ3) is 5.22. The van der Waals surface area contributed by atoms with Crippen LogP contribution >= 0.6 is 11.6 Å². The van der Waals surface area contributed by atoms with Crippen molar-refractivity contribution in [3.8, 4) is 0 Å². The lowest BCUT2D eigenvalue weighted by Gasteiger charge is -2.10. The standard InChI is InChI=1S/C17H13ClF3NO3/c1-10-7-13(18)5-6-14(10)22-15(23)9-25-16(24)11-3-2-4-12(8-11)17(19,20)21/h2-8H,9H2,1H3,(H,22,23). The lowest BCUT2D eigenvalue weighted by atomic mass is 10.1. The average Bonchev–Trinajstić information content (AvgIpc) is 2.54. The molecule has 2 aromatic carbocycles. The molecule has 0 saturated carbocycles. The van der Waals surface area contributed by atoms with E-state index in [4.69, 9.17) is 16.3 Å². The third-order valence-corrected chi connectivity index (χ3v) is 3.46. The van der Waals surface area contributed by atoms with E-state index in [2.05, 4.69) is 5.32 Å². The molecule has 0 radical (unpaired) electrons. The largest absolute Gasteiger partial charge is 0.452 e. The average molecular weight is 372 g/mol. The number of ether oxygens (including phenoxy) is 1. The molecule has 132 valence electrons. The molecule has 0 aliphatic heterocycles. The molecular weight excluding hydrogens is 359 g/mol. The summed E-state index contributed by atoms with van der Waals surface area (Å²) in [5.74, 6) is -1.64. The summed E-state index contributed by atoms with van der Waals surface area (Å²) in [6.07, 6.45) is -4.57. The van der Waals surface area contributed by atoms with Gasteiger partial charge in [-0.25, -0.2) is 4.79 Å². The smallest absolute Gasteiger partial charge is 0.416 e. The summed E-state index contributed by atoms with van der Waals surface area (Å²) in [5.41, 5.74) is -0.0527. The molecule has 1 N–H and O–H groups in total. The normalized spacial score (nSPS) is 11.1. The van der Waals surface area contributed by atoms with Crippen molar-refractivity contribution in [3.05, 3.63) is 64.2 Å². The van der Waals surface area contributed by atoms with Crippen molar-refractivity contribution in [2.75, 3.05) is 11.9 Å². The number of carbonyl (C=O) groups is 2. The molecular formula is C17H13ClF3NO3. The molecule has 25 heavy (non-hydrogen) atoms. The van der Waals surface area contributed by atoms with Crippen LogP contribution in [0.2, 0.25) is 5.02 Å². The van der Waals surface area contributed by atoms with Gasteiger partial charge in [-0.2, -0.15) is 13.2 Å². The van der Waals surface area contributed by atoms with Crippen molar-refractivity contribution in [1.82, 2.24) is 0 Å². The number of benzene rings is 2. The van der Waals surface area contributed by atoms with Gasteiger partial charge in [0.2, 0.25) is 0 Å². The molecule has 2 aromatic rings. The van der Waals surface area contributed by atoms with Crippen LogP contribution in [0.25, 0.3) is 0 Å². The van der Waals surface area contributed by atoms with Crippen LogP contribution in [0, 0.1) is 6.92 Å². The predicted octanol–water partition coefficient (Wildman–Crippen LogP) is 4.46. The molecule has 4 nitrogen and oxygen atoms in total. The van der Waals surface area contributed by atoms with Crippen LogP contribution in [0.15, 0.2) is 42.5 Å². The number of hydrogen-bond acceptors (Lipinski definition) is 3.